The number of ether oxygens (including phenoxy) is 1. The molecular weight excluding hydrogens is 278 g/mol. The fourth-order valence-electron chi connectivity index (χ4n) is 2.06. The van der Waals surface area contributed by atoms with Crippen molar-refractivity contribution in [1.29, 1.82) is 0 Å². The standard InChI is InChI=1S/C17H15N3O2/c1-13(22-17(21)15-8-5-9-18-10-15)20-11-16(19-12-20)14-6-3-2-4-7-14/h2-13H,1H3. The third-order valence-electron chi connectivity index (χ3n) is 3.27. The van der Waals surface area contributed by atoms with E-state index in [-0.39, 0.29) is 0 Å². The highest BCUT2D eigenvalue weighted by Crippen LogP contribution is 2.19. The first kappa shape index (κ1) is 14.0. The Kier molecular flexibility index (Phi) is 3.96. The van der Waals surface area contributed by atoms with Crippen LogP contribution in [-0.4, -0.2) is 20.5 Å². The van der Waals surface area contributed by atoms with Crippen LogP contribution < -0.4 is 0 Å². The zero-order chi connectivity index (χ0) is 15.4. The maximum absolute atomic E-state index is 12.0. The van der Waals surface area contributed by atoms with Crippen LogP contribution in [0.1, 0.15) is 23.5 Å². The summed E-state index contributed by atoms with van der Waals surface area (Å²) < 4.78 is 7.18. The number of carbonyl (C=O) groups is 1. The molecule has 0 N–H and O–H groups in total. The quantitative estimate of drug-likeness (QED) is 0.692. The second-order valence-corrected chi connectivity index (χ2v) is 4.82. The van der Waals surface area contributed by atoms with Gasteiger partial charge in [0, 0.05) is 24.2 Å². The molecule has 3 rings (SSSR count). The van der Waals surface area contributed by atoms with E-state index in [1.54, 1.807) is 36.1 Å². The SMILES string of the molecule is CC(OC(=O)c1cccnc1)n1cnc(-c2ccccc2)c1. The van der Waals surface area contributed by atoms with Gasteiger partial charge in [-0.25, -0.2) is 9.78 Å². The number of rotatable bonds is 4. The third kappa shape index (κ3) is 3.03. The topological polar surface area (TPSA) is 57.0 Å². The van der Waals surface area contributed by atoms with E-state index in [1.807, 2.05) is 36.5 Å². The molecule has 3 aromatic rings. The van der Waals surface area contributed by atoms with Gasteiger partial charge in [0.1, 0.15) is 0 Å². The summed E-state index contributed by atoms with van der Waals surface area (Å²) in [5.74, 6) is -0.407. The molecule has 1 unspecified atom stereocenters. The van der Waals surface area contributed by atoms with Gasteiger partial charge in [-0.1, -0.05) is 30.3 Å². The highest BCUT2D eigenvalue weighted by molar-refractivity contribution is 5.88. The highest BCUT2D eigenvalue weighted by Gasteiger charge is 2.14. The van der Waals surface area contributed by atoms with E-state index in [4.69, 9.17) is 4.74 Å². The lowest BCUT2D eigenvalue weighted by atomic mass is 10.2. The van der Waals surface area contributed by atoms with Gasteiger partial charge in [-0.2, -0.15) is 0 Å². The molecule has 2 heterocycles. The van der Waals surface area contributed by atoms with Crippen molar-refractivity contribution in [3.8, 4) is 11.3 Å². The summed E-state index contributed by atoms with van der Waals surface area (Å²) in [4.78, 5) is 20.3. The second-order valence-electron chi connectivity index (χ2n) is 4.82. The van der Waals surface area contributed by atoms with Crippen LogP contribution >= 0.6 is 0 Å². The van der Waals surface area contributed by atoms with Crippen LogP contribution in [0.3, 0.4) is 0 Å². The average Bonchev–Trinajstić information content (AvgIpc) is 3.06. The predicted molar refractivity (Wildman–Crippen MR) is 82.0 cm³/mol. The Labute approximate surface area is 128 Å². The first-order valence-corrected chi connectivity index (χ1v) is 6.94. The molecule has 2 aromatic heterocycles. The lowest BCUT2D eigenvalue weighted by Crippen LogP contribution is -2.13. The fraction of sp³-hybridized carbons (Fsp3) is 0.118. The number of hydrogen-bond acceptors (Lipinski definition) is 4. The van der Waals surface area contributed by atoms with Gasteiger partial charge in [0.2, 0.25) is 0 Å². The van der Waals surface area contributed by atoms with E-state index in [1.165, 1.54) is 6.20 Å². The van der Waals surface area contributed by atoms with E-state index in [2.05, 4.69) is 9.97 Å². The van der Waals surface area contributed by atoms with Gasteiger partial charge in [0.25, 0.3) is 0 Å². The first-order chi connectivity index (χ1) is 10.7. The van der Waals surface area contributed by atoms with Crippen molar-refractivity contribution in [1.82, 2.24) is 14.5 Å². The number of pyridine rings is 1. The minimum atomic E-state index is -0.447. The highest BCUT2D eigenvalue weighted by atomic mass is 16.6. The number of nitrogens with zero attached hydrogens (tertiary/aromatic N) is 3. The third-order valence-corrected chi connectivity index (χ3v) is 3.27. The zero-order valence-corrected chi connectivity index (χ0v) is 12.1. The number of carbonyl (C=O) groups excluding carboxylic acids is 1. The molecule has 0 bridgehead atoms. The molecule has 110 valence electrons. The van der Waals surface area contributed by atoms with Crippen LogP contribution in [0, 0.1) is 0 Å². The Morgan fingerprint density at radius 2 is 2.00 bits per heavy atom. The van der Waals surface area contributed by atoms with Crippen LogP contribution in [0.25, 0.3) is 11.3 Å². The molecule has 0 aliphatic rings. The van der Waals surface area contributed by atoms with Gasteiger partial charge in [0.05, 0.1) is 17.6 Å². The Bertz CT molecular complexity index is 754. The molecular formula is C17H15N3O2. The minimum Gasteiger partial charge on any atom is -0.438 e. The summed E-state index contributed by atoms with van der Waals surface area (Å²) in [6.07, 6.45) is 6.17. The molecule has 0 fully saturated rings. The van der Waals surface area contributed by atoms with Gasteiger partial charge in [-0.15, -0.1) is 0 Å². The number of hydrogen-bond donors (Lipinski definition) is 0. The molecule has 0 spiro atoms. The van der Waals surface area contributed by atoms with E-state index < -0.39 is 12.2 Å². The van der Waals surface area contributed by atoms with Crippen LogP contribution in [0.15, 0.2) is 67.4 Å². The molecule has 0 saturated heterocycles. The minimum absolute atomic E-state index is 0.407. The molecule has 0 amide bonds. The maximum Gasteiger partial charge on any atom is 0.341 e. The Balaban J connectivity index is 1.72. The molecule has 0 aliphatic heterocycles. The molecule has 1 aromatic carbocycles. The monoisotopic (exact) mass is 293 g/mol. The van der Waals surface area contributed by atoms with Gasteiger partial charge in [0.15, 0.2) is 6.23 Å². The van der Waals surface area contributed by atoms with Crippen molar-refractivity contribution in [3.63, 3.8) is 0 Å². The van der Waals surface area contributed by atoms with Crippen molar-refractivity contribution in [3.05, 3.63) is 72.9 Å². The van der Waals surface area contributed by atoms with E-state index in [0.29, 0.717) is 5.56 Å². The van der Waals surface area contributed by atoms with Crippen LogP contribution in [0.2, 0.25) is 0 Å². The Morgan fingerprint density at radius 1 is 1.18 bits per heavy atom. The van der Waals surface area contributed by atoms with Crippen molar-refractivity contribution in [2.45, 2.75) is 13.2 Å². The molecule has 0 radical (unpaired) electrons. The molecule has 0 aliphatic carbocycles. The maximum atomic E-state index is 12.0. The van der Waals surface area contributed by atoms with Crippen LogP contribution in [0.5, 0.6) is 0 Å². The summed E-state index contributed by atoms with van der Waals surface area (Å²) in [5.41, 5.74) is 2.29. The van der Waals surface area contributed by atoms with E-state index >= 15 is 0 Å². The second kappa shape index (κ2) is 6.22. The van der Waals surface area contributed by atoms with Crippen molar-refractivity contribution < 1.29 is 9.53 Å². The van der Waals surface area contributed by atoms with Gasteiger partial charge < -0.3 is 9.30 Å². The smallest absolute Gasteiger partial charge is 0.341 e. The van der Waals surface area contributed by atoms with Crippen molar-refractivity contribution in [2.75, 3.05) is 0 Å². The summed E-state index contributed by atoms with van der Waals surface area (Å²) in [6.45, 7) is 1.80. The average molecular weight is 293 g/mol. The number of benzene rings is 1. The van der Waals surface area contributed by atoms with Crippen LogP contribution in [0.4, 0.5) is 0 Å². The lowest BCUT2D eigenvalue weighted by Gasteiger charge is -2.14. The zero-order valence-electron chi connectivity index (χ0n) is 12.1. The summed E-state index contributed by atoms with van der Waals surface area (Å²) in [6, 6.07) is 13.2. The number of aromatic nitrogens is 3. The van der Waals surface area contributed by atoms with Gasteiger partial charge >= 0.3 is 5.97 Å². The number of imidazole rings is 1. The van der Waals surface area contributed by atoms with E-state index in [9.17, 15) is 4.79 Å². The molecule has 5 nitrogen and oxygen atoms in total. The summed E-state index contributed by atoms with van der Waals surface area (Å²) in [5, 5.41) is 0. The Hall–Kier alpha value is -2.95. The normalized spacial score (nSPS) is 11.9. The number of esters is 1. The first-order valence-electron chi connectivity index (χ1n) is 6.94. The van der Waals surface area contributed by atoms with E-state index in [0.717, 1.165) is 11.3 Å². The van der Waals surface area contributed by atoms with Crippen LogP contribution in [-0.2, 0) is 4.74 Å². The fourth-order valence-corrected chi connectivity index (χ4v) is 2.06. The Morgan fingerprint density at radius 3 is 2.73 bits per heavy atom. The molecule has 5 heteroatoms. The van der Waals surface area contributed by atoms with Crippen molar-refractivity contribution >= 4 is 5.97 Å². The van der Waals surface area contributed by atoms with Gasteiger partial charge in [-0.05, 0) is 19.1 Å². The lowest BCUT2D eigenvalue weighted by molar-refractivity contribution is 0.0157. The molecule has 1 atom stereocenters. The van der Waals surface area contributed by atoms with Gasteiger partial charge in [-0.3, -0.25) is 4.98 Å². The predicted octanol–water partition coefficient (Wildman–Crippen LogP) is 3.32. The molecule has 22 heavy (non-hydrogen) atoms. The largest absolute Gasteiger partial charge is 0.438 e. The molecule has 0 saturated carbocycles. The van der Waals surface area contributed by atoms with Crippen molar-refractivity contribution in [2.24, 2.45) is 0 Å². The summed E-state index contributed by atoms with van der Waals surface area (Å²) >= 11 is 0. The summed E-state index contributed by atoms with van der Waals surface area (Å²) in [7, 11) is 0.